The van der Waals surface area contributed by atoms with Crippen LogP contribution in [0.1, 0.15) is 40.4 Å². The van der Waals surface area contributed by atoms with Crippen molar-refractivity contribution in [2.45, 2.75) is 31.6 Å². The highest BCUT2D eigenvalue weighted by Gasteiger charge is 2.65. The number of carbonyl (C=O) groups excluding carboxylic acids is 1. The molecule has 3 aromatic carbocycles. The molecule has 0 unspecified atom stereocenters. The fourth-order valence-electron chi connectivity index (χ4n) is 4.09. The number of fused-ring (bicyclic) bond motifs is 3. The number of benzene rings is 3. The van der Waals surface area contributed by atoms with Gasteiger partial charge in [-0.25, -0.2) is 13.6 Å². The maximum atomic E-state index is 15.3. The molecule has 0 saturated carbocycles. The Kier molecular flexibility index (Phi) is 6.60. The molecule has 0 N–H and O–H groups in total. The van der Waals surface area contributed by atoms with Crippen molar-refractivity contribution in [1.82, 2.24) is 0 Å². The first kappa shape index (κ1) is 25.3. The number of carbonyl (C=O) groups is 1. The fourth-order valence-corrected chi connectivity index (χ4v) is 4.09. The van der Waals surface area contributed by atoms with Gasteiger partial charge in [0.2, 0.25) is 0 Å². The number of allylic oxidation sites excluding steroid dienone is 1. The summed E-state index contributed by atoms with van der Waals surface area (Å²) in [4.78, 5) is 12.6. The second-order valence-corrected chi connectivity index (χ2v) is 8.09. The van der Waals surface area contributed by atoms with Crippen LogP contribution in [0.2, 0.25) is 0 Å². The minimum absolute atomic E-state index is 0.00688. The van der Waals surface area contributed by atoms with Gasteiger partial charge in [-0.15, -0.1) is 6.58 Å². The summed E-state index contributed by atoms with van der Waals surface area (Å²) in [5.74, 6) is -15.8. The molecule has 0 heterocycles. The topological polar surface area (TPSA) is 35.5 Å². The zero-order valence-corrected chi connectivity index (χ0v) is 19.0. The van der Waals surface area contributed by atoms with E-state index < -0.39 is 63.0 Å². The number of halogens is 6. The molecule has 3 aromatic rings. The Morgan fingerprint density at radius 2 is 1.47 bits per heavy atom. The molecule has 0 spiro atoms. The van der Waals surface area contributed by atoms with Gasteiger partial charge in [0.25, 0.3) is 0 Å². The van der Waals surface area contributed by atoms with Crippen molar-refractivity contribution in [2.75, 3.05) is 6.61 Å². The lowest BCUT2D eigenvalue weighted by Crippen LogP contribution is -2.41. The Hall–Kier alpha value is -3.75. The van der Waals surface area contributed by atoms with Crippen molar-refractivity contribution in [3.05, 3.63) is 95.1 Å². The number of alkyl halides is 4. The van der Waals surface area contributed by atoms with E-state index in [1.165, 1.54) is 19.1 Å². The molecule has 0 amide bonds. The summed E-state index contributed by atoms with van der Waals surface area (Å²) in [6.07, 6.45) is 3.14. The van der Waals surface area contributed by atoms with Gasteiger partial charge in [0.1, 0.15) is 11.6 Å². The van der Waals surface area contributed by atoms with Gasteiger partial charge in [-0.3, -0.25) is 0 Å². The summed E-state index contributed by atoms with van der Waals surface area (Å²) in [5, 5.41) is 0. The first-order valence-electron chi connectivity index (χ1n) is 11.0. The molecule has 0 atom stereocenters. The molecule has 3 nitrogen and oxygen atoms in total. The van der Waals surface area contributed by atoms with Crippen LogP contribution in [0.4, 0.5) is 26.3 Å². The number of hydrogen-bond acceptors (Lipinski definition) is 3. The van der Waals surface area contributed by atoms with Gasteiger partial charge in [-0.1, -0.05) is 24.3 Å². The van der Waals surface area contributed by atoms with Crippen LogP contribution >= 0.6 is 0 Å². The number of rotatable bonds is 7. The predicted molar refractivity (Wildman–Crippen MR) is 121 cm³/mol. The standard InChI is InChI=1S/C27H20F6O3/c1-3-5-6-15-7-9-16(10-8-15)36-25(34)19-12-11-17-18-13-14-20(35-4-2)24(29)22(18)27(32,33)26(30,31)21(17)23(19)28/h3,7-14H,1,4-6H2,2H3. The lowest BCUT2D eigenvalue weighted by molar-refractivity contribution is -0.227. The molecule has 1 aliphatic rings. The fraction of sp³-hybridized carbons (Fsp3) is 0.222. The quantitative estimate of drug-likeness (QED) is 0.144. The Labute approximate surface area is 203 Å². The molecule has 0 aromatic heterocycles. The summed E-state index contributed by atoms with van der Waals surface area (Å²) in [7, 11) is 0. The van der Waals surface area contributed by atoms with Crippen molar-refractivity contribution < 1.29 is 40.6 Å². The van der Waals surface area contributed by atoms with Gasteiger partial charge in [-0.2, -0.15) is 17.6 Å². The third kappa shape index (κ3) is 4.02. The molecule has 0 aliphatic heterocycles. The van der Waals surface area contributed by atoms with E-state index in [1.807, 2.05) is 0 Å². The smallest absolute Gasteiger partial charge is 0.346 e. The van der Waals surface area contributed by atoms with E-state index in [1.54, 1.807) is 18.2 Å². The Balaban J connectivity index is 1.76. The average molecular weight is 506 g/mol. The van der Waals surface area contributed by atoms with E-state index in [0.29, 0.717) is 6.42 Å². The summed E-state index contributed by atoms with van der Waals surface area (Å²) in [6, 6.07) is 9.85. The number of ether oxygens (including phenoxy) is 2. The maximum absolute atomic E-state index is 15.3. The molecule has 4 rings (SSSR count). The molecule has 0 bridgehead atoms. The minimum Gasteiger partial charge on any atom is -0.491 e. The highest BCUT2D eigenvalue weighted by atomic mass is 19.3. The van der Waals surface area contributed by atoms with Crippen LogP contribution in [-0.2, 0) is 18.3 Å². The van der Waals surface area contributed by atoms with Crippen molar-refractivity contribution in [3.63, 3.8) is 0 Å². The number of hydrogen-bond donors (Lipinski definition) is 0. The molecule has 0 saturated heterocycles. The normalized spacial score (nSPS) is 15.0. The molecular formula is C27H20F6O3. The highest BCUT2D eigenvalue weighted by molar-refractivity contribution is 5.93. The van der Waals surface area contributed by atoms with Crippen LogP contribution in [0, 0.1) is 11.6 Å². The van der Waals surface area contributed by atoms with Crippen LogP contribution in [-0.4, -0.2) is 12.6 Å². The highest BCUT2D eigenvalue weighted by Crippen LogP contribution is 2.60. The molecule has 188 valence electrons. The van der Waals surface area contributed by atoms with Gasteiger partial charge >= 0.3 is 17.8 Å². The van der Waals surface area contributed by atoms with Crippen LogP contribution in [0.5, 0.6) is 11.5 Å². The summed E-state index contributed by atoms with van der Waals surface area (Å²) in [6.45, 7) is 5.00. The van der Waals surface area contributed by atoms with Gasteiger partial charge in [0.05, 0.1) is 23.3 Å². The molecule has 1 aliphatic carbocycles. The average Bonchev–Trinajstić information content (AvgIpc) is 2.83. The van der Waals surface area contributed by atoms with E-state index in [-0.39, 0.29) is 12.4 Å². The molecule has 0 fully saturated rings. The van der Waals surface area contributed by atoms with E-state index in [4.69, 9.17) is 9.47 Å². The number of esters is 1. The zero-order chi connectivity index (χ0) is 26.3. The largest absolute Gasteiger partial charge is 0.491 e. The molecule has 0 radical (unpaired) electrons. The summed E-state index contributed by atoms with van der Waals surface area (Å²) >= 11 is 0. The number of aryl methyl sites for hydroxylation is 1. The van der Waals surface area contributed by atoms with E-state index in [9.17, 15) is 18.0 Å². The summed E-state index contributed by atoms with van der Waals surface area (Å²) < 4.78 is 100. The van der Waals surface area contributed by atoms with E-state index in [0.717, 1.165) is 36.2 Å². The van der Waals surface area contributed by atoms with Crippen LogP contribution in [0.3, 0.4) is 0 Å². The third-order valence-corrected chi connectivity index (χ3v) is 5.85. The second-order valence-electron chi connectivity index (χ2n) is 8.09. The maximum Gasteiger partial charge on any atom is 0.346 e. The van der Waals surface area contributed by atoms with E-state index >= 15 is 13.2 Å². The van der Waals surface area contributed by atoms with Crippen LogP contribution in [0.15, 0.2) is 61.2 Å². The molecule has 9 heteroatoms. The first-order valence-corrected chi connectivity index (χ1v) is 11.0. The molecular weight excluding hydrogens is 486 g/mol. The molecule has 36 heavy (non-hydrogen) atoms. The van der Waals surface area contributed by atoms with Gasteiger partial charge in [0, 0.05) is 0 Å². The Morgan fingerprint density at radius 1 is 0.889 bits per heavy atom. The second kappa shape index (κ2) is 9.37. The van der Waals surface area contributed by atoms with Crippen molar-refractivity contribution in [2.24, 2.45) is 0 Å². The van der Waals surface area contributed by atoms with Crippen molar-refractivity contribution in [3.8, 4) is 22.6 Å². The zero-order valence-electron chi connectivity index (χ0n) is 19.0. The van der Waals surface area contributed by atoms with Gasteiger partial charge < -0.3 is 9.47 Å². The lowest BCUT2D eigenvalue weighted by Gasteiger charge is -2.35. The van der Waals surface area contributed by atoms with Gasteiger partial charge in [0.15, 0.2) is 11.6 Å². The summed E-state index contributed by atoms with van der Waals surface area (Å²) in [5.41, 5.74) is -4.65. The van der Waals surface area contributed by atoms with Crippen LogP contribution < -0.4 is 9.47 Å². The van der Waals surface area contributed by atoms with Gasteiger partial charge in [-0.05, 0) is 66.8 Å². The third-order valence-electron chi connectivity index (χ3n) is 5.85. The Bertz CT molecular complexity index is 1330. The SMILES string of the molecule is C=CCCc1ccc(OC(=O)c2ccc3c(c2F)C(F)(F)C(F)(F)c2c-3ccc(OCC)c2F)cc1. The van der Waals surface area contributed by atoms with Crippen molar-refractivity contribution in [1.29, 1.82) is 0 Å². The van der Waals surface area contributed by atoms with Crippen LogP contribution in [0.25, 0.3) is 11.1 Å². The predicted octanol–water partition coefficient (Wildman–Crippen LogP) is 7.57. The minimum atomic E-state index is -5.17. The first-order chi connectivity index (χ1) is 17.0. The monoisotopic (exact) mass is 506 g/mol. The van der Waals surface area contributed by atoms with Crippen molar-refractivity contribution >= 4 is 5.97 Å². The van der Waals surface area contributed by atoms with E-state index in [2.05, 4.69) is 6.58 Å². The Morgan fingerprint density at radius 3 is 2.06 bits per heavy atom. The lowest BCUT2D eigenvalue weighted by atomic mass is 9.79.